The number of carbonyl (C=O) groups excluding carboxylic acids is 1. The Bertz CT molecular complexity index is 649. The summed E-state index contributed by atoms with van der Waals surface area (Å²) in [4.78, 5) is 12.0. The van der Waals surface area contributed by atoms with Crippen LogP contribution in [0.4, 0.5) is 0 Å². The molecule has 0 N–H and O–H groups in total. The molecule has 6 nitrogen and oxygen atoms in total. The molecule has 0 aromatic carbocycles. The van der Waals surface area contributed by atoms with Gasteiger partial charge in [-0.1, -0.05) is 6.58 Å². The Morgan fingerprint density at radius 2 is 0.882 bits per heavy atom. The summed E-state index contributed by atoms with van der Waals surface area (Å²) in [5, 5.41) is 0. The second-order valence-corrected chi connectivity index (χ2v) is 61.1. The zero-order valence-corrected chi connectivity index (χ0v) is 32.1. The van der Waals surface area contributed by atoms with Crippen molar-refractivity contribution < 1.29 is 26.3 Å². The summed E-state index contributed by atoms with van der Waals surface area (Å²) in [6.07, 6.45) is 0. The number of hydrogen-bond donors (Lipinski definition) is 0. The summed E-state index contributed by atoms with van der Waals surface area (Å²) in [6.45, 7) is 37.6. The lowest BCUT2D eigenvalue weighted by atomic mass is 10.4. The van der Waals surface area contributed by atoms with Crippen LogP contribution in [0.15, 0.2) is 12.2 Å². The SMILES string of the molecule is C=C(C)C(=O)OCCO[Si]([Si](C)(C)O[Si](C)(C)C)([Si](C)(C)O[Si](C)(C)C)[Si](C)(C)O[Si](C)(C)C. The van der Waals surface area contributed by atoms with Crippen molar-refractivity contribution in [1.82, 2.24) is 0 Å². The summed E-state index contributed by atoms with van der Waals surface area (Å²) in [5.74, 6) is -0.379. The molecule has 0 bridgehead atoms. The molecule has 0 amide bonds. The maximum atomic E-state index is 12.0. The largest absolute Gasteiger partial charge is 0.460 e. The predicted octanol–water partition coefficient (Wildman–Crippen LogP) is 6.47. The topological polar surface area (TPSA) is 63.2 Å². The number of carbonyl (C=O) groups is 1. The zero-order chi connectivity index (χ0) is 27.6. The van der Waals surface area contributed by atoms with Crippen LogP contribution in [-0.2, 0) is 26.3 Å². The van der Waals surface area contributed by atoms with E-state index in [2.05, 4.69) is 105 Å². The van der Waals surface area contributed by atoms with Crippen LogP contribution in [0.1, 0.15) is 6.92 Å². The average molecular weight is 599 g/mol. The highest BCUT2D eigenvalue weighted by Gasteiger charge is 2.74. The fraction of sp³-hybridized carbons (Fsp3) is 0.857. The average Bonchev–Trinajstić information content (AvgIpc) is 2.45. The number of ether oxygens (including phenoxy) is 1. The molecule has 0 saturated carbocycles. The molecule has 202 valence electrons. The molecule has 0 saturated heterocycles. The third kappa shape index (κ3) is 9.79. The molecule has 0 aliphatic heterocycles. The van der Waals surface area contributed by atoms with Crippen LogP contribution in [0.25, 0.3) is 0 Å². The van der Waals surface area contributed by atoms with Gasteiger partial charge in [-0.3, -0.25) is 0 Å². The summed E-state index contributed by atoms with van der Waals surface area (Å²) in [5.41, 5.74) is 0.397. The van der Waals surface area contributed by atoms with Crippen molar-refractivity contribution >= 4 is 61.3 Å². The van der Waals surface area contributed by atoms with E-state index in [1.807, 2.05) is 0 Å². The van der Waals surface area contributed by atoms with Gasteiger partial charge in [-0.15, -0.1) is 0 Å². The molecule has 0 unspecified atom stereocenters. The Labute approximate surface area is 217 Å². The van der Waals surface area contributed by atoms with E-state index in [4.69, 9.17) is 21.5 Å². The molecule has 0 aromatic heterocycles. The Morgan fingerprint density at radius 1 is 0.588 bits per heavy atom. The summed E-state index contributed by atoms with van der Waals surface area (Å²) in [7, 11) is -13.0. The normalized spacial score (nSPS) is 14.8. The quantitative estimate of drug-likeness (QED) is 0.0988. The first-order valence-corrected chi connectivity index (χ1v) is 36.1. The molecule has 0 atom stereocenters. The van der Waals surface area contributed by atoms with Gasteiger partial charge in [0.25, 0.3) is 0 Å². The van der Waals surface area contributed by atoms with E-state index < -0.39 is 55.3 Å². The lowest BCUT2D eigenvalue weighted by molar-refractivity contribution is -0.139. The van der Waals surface area contributed by atoms with Crippen molar-refractivity contribution in [3.63, 3.8) is 0 Å². The molecule has 0 spiro atoms. The van der Waals surface area contributed by atoms with Gasteiger partial charge in [0.2, 0.25) is 6.87 Å². The minimum absolute atomic E-state index is 0.201. The molecule has 0 fully saturated rings. The molecular weight excluding hydrogens is 545 g/mol. The Hall–Kier alpha value is 0.568. The van der Waals surface area contributed by atoms with E-state index in [1.165, 1.54) is 0 Å². The van der Waals surface area contributed by atoms with E-state index in [-0.39, 0.29) is 12.6 Å². The van der Waals surface area contributed by atoms with Crippen molar-refractivity contribution in [2.45, 2.75) is 105 Å². The van der Waals surface area contributed by atoms with Crippen molar-refractivity contribution in [3.05, 3.63) is 12.2 Å². The molecule has 0 aliphatic rings. The lowest BCUT2D eigenvalue weighted by Gasteiger charge is -2.59. The summed E-state index contributed by atoms with van der Waals surface area (Å²) in [6, 6.07) is 0. The molecule has 13 heteroatoms. The van der Waals surface area contributed by atoms with Gasteiger partial charge in [0.1, 0.15) is 6.61 Å². The van der Waals surface area contributed by atoms with Crippen LogP contribution in [-0.4, -0.2) is 74.5 Å². The van der Waals surface area contributed by atoms with Gasteiger partial charge in [0.05, 0.1) is 6.61 Å². The van der Waals surface area contributed by atoms with Crippen molar-refractivity contribution in [1.29, 1.82) is 0 Å². The minimum Gasteiger partial charge on any atom is -0.460 e. The van der Waals surface area contributed by atoms with Crippen LogP contribution in [0.2, 0.25) is 98.2 Å². The number of rotatable bonds is 14. The van der Waals surface area contributed by atoms with E-state index in [9.17, 15) is 4.79 Å². The highest BCUT2D eigenvalue weighted by molar-refractivity contribution is 7.85. The van der Waals surface area contributed by atoms with E-state index >= 15 is 0 Å². The molecule has 0 radical (unpaired) electrons. The fourth-order valence-electron chi connectivity index (χ4n) is 5.66. The molecule has 0 aliphatic carbocycles. The summed E-state index contributed by atoms with van der Waals surface area (Å²) < 4.78 is 34.1. The highest BCUT2D eigenvalue weighted by atomic mass is 30.0. The maximum Gasteiger partial charge on any atom is 0.333 e. The molecule has 0 heterocycles. The lowest BCUT2D eigenvalue weighted by Crippen LogP contribution is -2.90. The number of hydrogen-bond acceptors (Lipinski definition) is 6. The van der Waals surface area contributed by atoms with Gasteiger partial charge in [-0.2, -0.15) is 0 Å². The Balaban J connectivity index is 6.90. The monoisotopic (exact) mass is 598 g/mol. The van der Waals surface area contributed by atoms with Crippen LogP contribution in [0.5, 0.6) is 0 Å². The highest BCUT2D eigenvalue weighted by Crippen LogP contribution is 2.42. The van der Waals surface area contributed by atoms with E-state index in [0.717, 1.165) is 0 Å². The molecular formula is C21H54O6Si7. The summed E-state index contributed by atoms with van der Waals surface area (Å²) >= 11 is 0. The minimum atomic E-state index is -2.77. The first-order valence-electron chi connectivity index (χ1n) is 12.3. The van der Waals surface area contributed by atoms with Gasteiger partial charge >= 0.3 is 5.97 Å². The van der Waals surface area contributed by atoms with Crippen molar-refractivity contribution in [2.24, 2.45) is 0 Å². The fourth-order valence-corrected chi connectivity index (χ4v) is 108. The third-order valence-corrected chi connectivity index (χ3v) is 76.2. The van der Waals surface area contributed by atoms with Crippen molar-refractivity contribution in [2.75, 3.05) is 13.2 Å². The molecule has 34 heavy (non-hydrogen) atoms. The number of esters is 1. The van der Waals surface area contributed by atoms with Gasteiger partial charge in [0.15, 0.2) is 48.5 Å². The smallest absolute Gasteiger partial charge is 0.333 e. The van der Waals surface area contributed by atoms with Gasteiger partial charge in [-0.25, -0.2) is 4.79 Å². The second kappa shape index (κ2) is 11.5. The van der Waals surface area contributed by atoms with Crippen LogP contribution in [0.3, 0.4) is 0 Å². The maximum absolute atomic E-state index is 12.0. The zero-order valence-electron chi connectivity index (χ0n) is 25.1. The van der Waals surface area contributed by atoms with E-state index in [1.54, 1.807) is 6.92 Å². The van der Waals surface area contributed by atoms with E-state index in [0.29, 0.717) is 12.2 Å². The second-order valence-electron chi connectivity index (χ2n) is 13.6. The van der Waals surface area contributed by atoms with Crippen LogP contribution >= 0.6 is 0 Å². The first-order chi connectivity index (χ1) is 14.7. The van der Waals surface area contributed by atoms with Crippen LogP contribution < -0.4 is 0 Å². The Morgan fingerprint density at radius 3 is 1.12 bits per heavy atom. The predicted molar refractivity (Wildman–Crippen MR) is 163 cm³/mol. The van der Waals surface area contributed by atoms with Crippen LogP contribution in [0, 0.1) is 0 Å². The van der Waals surface area contributed by atoms with Gasteiger partial charge < -0.3 is 21.5 Å². The molecule has 0 rings (SSSR count). The standard InChI is InChI=1S/C21H54O6Si7/c1-20(2)21(22)23-18-19-24-34(31(12,13)25-28(3,4)5,32(14,15)26-29(6,7)8)33(16,17)27-30(9,10)11/h1,18-19H2,2-17H3. The molecule has 0 aromatic rings. The van der Waals surface area contributed by atoms with Gasteiger partial charge in [-0.05, 0) is 105 Å². The van der Waals surface area contributed by atoms with Gasteiger partial charge in [0, 0.05) is 5.57 Å². The van der Waals surface area contributed by atoms with Crippen molar-refractivity contribution in [3.8, 4) is 0 Å². The Kier molecular flexibility index (Phi) is 11.7. The third-order valence-electron chi connectivity index (χ3n) is 5.21. The first kappa shape index (κ1) is 34.6.